The van der Waals surface area contributed by atoms with Gasteiger partial charge in [0.05, 0.1) is 18.2 Å². The number of carbonyl (C=O) groups excluding carboxylic acids is 1. The maximum atomic E-state index is 14.3. The lowest BCUT2D eigenvalue weighted by atomic mass is 9.96. The Hall–Kier alpha value is -4.79. The van der Waals surface area contributed by atoms with E-state index in [1.54, 1.807) is 6.07 Å². The van der Waals surface area contributed by atoms with Crippen LogP contribution in [0.1, 0.15) is 91.3 Å². The molecular weight excluding hydrogens is 564 g/mol. The van der Waals surface area contributed by atoms with Gasteiger partial charge in [0, 0.05) is 29.3 Å². The lowest BCUT2D eigenvalue weighted by Crippen LogP contribution is -2.35. The number of ether oxygens (including phenoxy) is 1. The van der Waals surface area contributed by atoms with Crippen molar-refractivity contribution in [3.8, 4) is 22.5 Å². The molecule has 0 radical (unpaired) electrons. The summed E-state index contributed by atoms with van der Waals surface area (Å²) in [5, 5.41) is 14.4. The van der Waals surface area contributed by atoms with E-state index in [0.29, 0.717) is 30.8 Å². The summed E-state index contributed by atoms with van der Waals surface area (Å²) in [5.74, 6) is 0.310. The molecule has 0 aliphatic carbocycles. The van der Waals surface area contributed by atoms with Crippen LogP contribution in [0.5, 0.6) is 0 Å². The van der Waals surface area contributed by atoms with Gasteiger partial charge in [0.15, 0.2) is 5.82 Å². The van der Waals surface area contributed by atoms with Crippen LogP contribution in [0.4, 0.5) is 0 Å². The van der Waals surface area contributed by atoms with Crippen LogP contribution in [-0.2, 0) is 24.0 Å². The number of aromatic nitrogens is 6. The van der Waals surface area contributed by atoms with E-state index in [2.05, 4.69) is 69.5 Å². The van der Waals surface area contributed by atoms with Crippen LogP contribution in [0.3, 0.4) is 0 Å². The number of hydrogen-bond donors (Lipinski definition) is 1. The van der Waals surface area contributed by atoms with E-state index in [9.17, 15) is 9.59 Å². The SMILES string of the molecule is CCCCc1c(Cc2ccc(-c3ccccc3-c3nnn[nH]3)cc2)c(=O)n2n1C(C)CCC2Cc1cccc(C(=O)OCC)c1. The quantitative estimate of drug-likeness (QED) is 0.167. The lowest BCUT2D eigenvalue weighted by molar-refractivity contribution is 0.0526. The molecule has 0 saturated heterocycles. The van der Waals surface area contributed by atoms with Crippen LogP contribution in [0, 0.1) is 0 Å². The Morgan fingerprint density at radius 3 is 2.49 bits per heavy atom. The summed E-state index contributed by atoms with van der Waals surface area (Å²) in [6.07, 6.45) is 6.15. The number of carbonyl (C=O) groups is 1. The molecule has 1 aliphatic rings. The molecule has 0 spiro atoms. The Labute approximate surface area is 263 Å². The fourth-order valence-corrected chi connectivity index (χ4v) is 6.63. The largest absolute Gasteiger partial charge is 0.462 e. The zero-order valence-electron chi connectivity index (χ0n) is 26.2. The number of tetrazole rings is 1. The fourth-order valence-electron chi connectivity index (χ4n) is 6.63. The van der Waals surface area contributed by atoms with Gasteiger partial charge in [-0.2, -0.15) is 0 Å². The highest BCUT2D eigenvalue weighted by molar-refractivity contribution is 5.89. The molecule has 1 N–H and O–H groups in total. The third kappa shape index (κ3) is 6.25. The van der Waals surface area contributed by atoms with Gasteiger partial charge in [-0.15, -0.1) is 5.10 Å². The minimum atomic E-state index is -0.314. The van der Waals surface area contributed by atoms with E-state index < -0.39 is 0 Å². The van der Waals surface area contributed by atoms with E-state index >= 15 is 0 Å². The molecule has 6 rings (SSSR count). The number of nitrogens with one attached hydrogen (secondary N) is 1. The Balaban J connectivity index is 1.32. The fraction of sp³-hybridized carbons (Fsp3) is 0.361. The first-order valence-electron chi connectivity index (χ1n) is 16.0. The topological polar surface area (TPSA) is 108 Å². The number of fused-ring (bicyclic) bond motifs is 1. The van der Waals surface area contributed by atoms with Crippen molar-refractivity contribution in [2.75, 3.05) is 6.61 Å². The van der Waals surface area contributed by atoms with Crippen molar-refractivity contribution >= 4 is 5.97 Å². The van der Waals surface area contributed by atoms with Gasteiger partial charge in [0.2, 0.25) is 0 Å². The van der Waals surface area contributed by atoms with Crippen LogP contribution >= 0.6 is 0 Å². The highest BCUT2D eigenvalue weighted by Crippen LogP contribution is 2.34. The smallest absolute Gasteiger partial charge is 0.338 e. The van der Waals surface area contributed by atoms with Gasteiger partial charge >= 0.3 is 5.97 Å². The number of H-pyrrole nitrogens is 1. The Bertz CT molecular complexity index is 1820. The average molecular weight is 605 g/mol. The highest BCUT2D eigenvalue weighted by Gasteiger charge is 2.31. The molecule has 0 bridgehead atoms. The number of nitrogens with zero attached hydrogens (tertiary/aromatic N) is 5. The Morgan fingerprint density at radius 1 is 0.956 bits per heavy atom. The van der Waals surface area contributed by atoms with Gasteiger partial charge < -0.3 is 4.74 Å². The van der Waals surface area contributed by atoms with Gasteiger partial charge in [-0.05, 0) is 90.8 Å². The maximum absolute atomic E-state index is 14.3. The second kappa shape index (κ2) is 13.5. The summed E-state index contributed by atoms with van der Waals surface area (Å²) in [6.45, 7) is 6.57. The summed E-state index contributed by atoms with van der Waals surface area (Å²) >= 11 is 0. The zero-order valence-corrected chi connectivity index (χ0v) is 26.2. The second-order valence-electron chi connectivity index (χ2n) is 11.9. The van der Waals surface area contributed by atoms with Gasteiger partial charge in [-0.1, -0.05) is 74.0 Å². The van der Waals surface area contributed by atoms with Crippen LogP contribution in [0.15, 0.2) is 77.6 Å². The predicted molar refractivity (Wildman–Crippen MR) is 174 cm³/mol. The molecule has 3 heterocycles. The minimum Gasteiger partial charge on any atom is -0.462 e. The first kappa shape index (κ1) is 30.2. The van der Waals surface area contributed by atoms with Crippen molar-refractivity contribution in [1.82, 2.24) is 30.0 Å². The van der Waals surface area contributed by atoms with Crippen LogP contribution in [0.25, 0.3) is 22.5 Å². The summed E-state index contributed by atoms with van der Waals surface area (Å²) in [6, 6.07) is 24.4. The molecular formula is C36H40N6O3. The van der Waals surface area contributed by atoms with Crippen molar-refractivity contribution in [2.45, 2.75) is 77.8 Å². The normalized spacial score (nSPS) is 16.0. The Kier molecular flexibility index (Phi) is 9.05. The van der Waals surface area contributed by atoms with Gasteiger partial charge in [0.1, 0.15) is 0 Å². The molecule has 1 aliphatic heterocycles. The molecule has 9 nitrogen and oxygen atoms in total. The summed E-state index contributed by atoms with van der Waals surface area (Å²) in [4.78, 5) is 26.7. The van der Waals surface area contributed by atoms with E-state index in [1.807, 2.05) is 48.0 Å². The predicted octanol–water partition coefficient (Wildman–Crippen LogP) is 6.75. The van der Waals surface area contributed by atoms with Crippen molar-refractivity contribution in [2.24, 2.45) is 0 Å². The molecule has 2 unspecified atom stereocenters. The van der Waals surface area contributed by atoms with Crippen LogP contribution < -0.4 is 5.56 Å². The van der Waals surface area contributed by atoms with E-state index in [-0.39, 0.29) is 23.6 Å². The van der Waals surface area contributed by atoms with Crippen molar-refractivity contribution < 1.29 is 9.53 Å². The van der Waals surface area contributed by atoms with Crippen molar-refractivity contribution in [3.05, 3.63) is 111 Å². The average Bonchev–Trinajstić information content (AvgIpc) is 3.70. The number of unbranched alkanes of at least 4 members (excludes halogenated alkanes) is 1. The molecule has 0 fully saturated rings. The highest BCUT2D eigenvalue weighted by atomic mass is 16.5. The maximum Gasteiger partial charge on any atom is 0.338 e. The molecule has 232 valence electrons. The van der Waals surface area contributed by atoms with Crippen molar-refractivity contribution in [1.29, 1.82) is 0 Å². The first-order chi connectivity index (χ1) is 22.0. The third-order valence-electron chi connectivity index (χ3n) is 8.85. The number of rotatable bonds is 11. The summed E-state index contributed by atoms with van der Waals surface area (Å²) < 4.78 is 9.55. The standard InChI is InChI=1S/C36H40N6O3/c1-4-6-14-33-32(23-25-16-18-27(19-17-25)30-12-7-8-13-31(30)34-37-39-40-38-34)35(43)42-29(20-15-24(3)41(33)42)22-26-10-9-11-28(21-26)36(44)45-5-2/h7-13,16-19,21,24,29H,4-6,14-15,20,22-23H2,1-3H3,(H,37,38,39,40). The van der Waals surface area contributed by atoms with Crippen LogP contribution in [0.2, 0.25) is 0 Å². The molecule has 2 aromatic heterocycles. The van der Waals surface area contributed by atoms with E-state index in [1.165, 1.54) is 0 Å². The van der Waals surface area contributed by atoms with E-state index in [0.717, 1.165) is 71.2 Å². The second-order valence-corrected chi connectivity index (χ2v) is 11.9. The lowest BCUT2D eigenvalue weighted by Gasteiger charge is -2.33. The molecule has 0 amide bonds. The molecule has 0 saturated carbocycles. The zero-order chi connectivity index (χ0) is 31.3. The van der Waals surface area contributed by atoms with Gasteiger partial charge in [0.25, 0.3) is 5.56 Å². The number of aromatic amines is 1. The van der Waals surface area contributed by atoms with Gasteiger partial charge in [-0.3, -0.25) is 9.48 Å². The van der Waals surface area contributed by atoms with E-state index in [4.69, 9.17) is 4.74 Å². The monoisotopic (exact) mass is 604 g/mol. The molecule has 2 atom stereocenters. The molecule has 3 aromatic carbocycles. The van der Waals surface area contributed by atoms with Crippen LogP contribution in [-0.4, -0.2) is 42.6 Å². The number of esters is 1. The Morgan fingerprint density at radius 2 is 1.76 bits per heavy atom. The summed E-state index contributed by atoms with van der Waals surface area (Å²) in [5.41, 5.74) is 7.87. The molecule has 9 heteroatoms. The van der Waals surface area contributed by atoms with Gasteiger partial charge in [-0.25, -0.2) is 14.6 Å². The van der Waals surface area contributed by atoms with Crippen molar-refractivity contribution in [3.63, 3.8) is 0 Å². The summed E-state index contributed by atoms with van der Waals surface area (Å²) in [7, 11) is 0. The number of benzene rings is 3. The molecule has 45 heavy (non-hydrogen) atoms. The third-order valence-corrected chi connectivity index (χ3v) is 8.85. The minimum absolute atomic E-state index is 0.0183. The molecule has 5 aromatic rings. The number of hydrogen-bond acceptors (Lipinski definition) is 6. The first-order valence-corrected chi connectivity index (χ1v) is 16.0.